The van der Waals surface area contributed by atoms with Gasteiger partial charge in [-0.2, -0.15) is 26.3 Å². The van der Waals surface area contributed by atoms with Crippen molar-refractivity contribution in [2.75, 3.05) is 5.32 Å². The Hall–Kier alpha value is -1.45. The molecule has 1 aromatic rings. The highest BCUT2D eigenvalue weighted by molar-refractivity contribution is 9.10. The van der Waals surface area contributed by atoms with Crippen molar-refractivity contribution in [3.05, 3.63) is 28.7 Å². The standard InChI is InChI=1S/C11H9BrF6N2O/c1-9(10(13,14)15,11(16,17)18)20-8(21)19-7-5-3-2-4-6(7)12/h2-5H,1H3,(H2,19,20,21). The van der Waals surface area contributed by atoms with Gasteiger partial charge in [0.05, 0.1) is 5.69 Å². The van der Waals surface area contributed by atoms with Crippen molar-refractivity contribution in [1.82, 2.24) is 5.32 Å². The Kier molecular flexibility index (Phi) is 4.81. The van der Waals surface area contributed by atoms with Crippen molar-refractivity contribution in [2.24, 2.45) is 0 Å². The number of rotatable bonds is 2. The molecule has 21 heavy (non-hydrogen) atoms. The Morgan fingerprint density at radius 1 is 1.05 bits per heavy atom. The molecular formula is C11H9BrF6N2O. The molecule has 0 radical (unpaired) electrons. The highest BCUT2D eigenvalue weighted by atomic mass is 79.9. The second-order valence-electron chi connectivity index (χ2n) is 4.18. The van der Waals surface area contributed by atoms with E-state index in [1.165, 1.54) is 18.2 Å². The van der Waals surface area contributed by atoms with E-state index in [4.69, 9.17) is 0 Å². The van der Waals surface area contributed by atoms with Crippen LogP contribution < -0.4 is 10.6 Å². The molecule has 0 bridgehead atoms. The topological polar surface area (TPSA) is 41.1 Å². The van der Waals surface area contributed by atoms with Crippen molar-refractivity contribution in [2.45, 2.75) is 24.8 Å². The fourth-order valence-corrected chi connectivity index (χ4v) is 1.63. The van der Waals surface area contributed by atoms with Crippen LogP contribution in [0.25, 0.3) is 0 Å². The van der Waals surface area contributed by atoms with Gasteiger partial charge in [-0.1, -0.05) is 12.1 Å². The molecule has 0 heterocycles. The van der Waals surface area contributed by atoms with E-state index >= 15 is 0 Å². The van der Waals surface area contributed by atoms with E-state index in [-0.39, 0.29) is 12.6 Å². The normalized spacial score (nSPS) is 13.0. The third-order valence-electron chi connectivity index (χ3n) is 2.62. The van der Waals surface area contributed by atoms with Crippen LogP contribution in [-0.2, 0) is 0 Å². The molecule has 2 amide bonds. The van der Waals surface area contributed by atoms with E-state index in [0.717, 1.165) is 5.32 Å². The van der Waals surface area contributed by atoms with Gasteiger partial charge in [-0.3, -0.25) is 0 Å². The van der Waals surface area contributed by atoms with Crippen LogP contribution in [0.15, 0.2) is 28.7 Å². The molecule has 0 aliphatic carbocycles. The summed E-state index contributed by atoms with van der Waals surface area (Å²) in [5.74, 6) is 0. The van der Waals surface area contributed by atoms with E-state index in [2.05, 4.69) is 15.9 Å². The molecule has 1 aromatic carbocycles. The van der Waals surface area contributed by atoms with Gasteiger partial charge < -0.3 is 10.6 Å². The summed E-state index contributed by atoms with van der Waals surface area (Å²) in [6.07, 6.45) is -11.4. The quantitative estimate of drug-likeness (QED) is 0.733. The molecule has 10 heteroatoms. The maximum absolute atomic E-state index is 12.6. The lowest BCUT2D eigenvalue weighted by molar-refractivity contribution is -0.297. The van der Waals surface area contributed by atoms with E-state index in [1.54, 1.807) is 6.07 Å². The Morgan fingerprint density at radius 3 is 1.95 bits per heavy atom. The first-order valence-electron chi connectivity index (χ1n) is 5.35. The second kappa shape index (κ2) is 5.74. The number of anilines is 1. The van der Waals surface area contributed by atoms with Gasteiger partial charge in [0.15, 0.2) is 0 Å². The fraction of sp³-hybridized carbons (Fsp3) is 0.364. The number of alkyl halides is 6. The van der Waals surface area contributed by atoms with Crippen LogP contribution in [0.4, 0.5) is 36.8 Å². The molecule has 0 saturated carbocycles. The molecule has 3 nitrogen and oxygen atoms in total. The molecule has 0 atom stereocenters. The van der Waals surface area contributed by atoms with E-state index in [1.807, 2.05) is 5.32 Å². The summed E-state index contributed by atoms with van der Waals surface area (Å²) in [5, 5.41) is 2.84. The van der Waals surface area contributed by atoms with Crippen molar-refractivity contribution >= 4 is 27.6 Å². The van der Waals surface area contributed by atoms with Crippen molar-refractivity contribution < 1.29 is 31.1 Å². The van der Waals surface area contributed by atoms with Gasteiger partial charge in [0.1, 0.15) is 0 Å². The van der Waals surface area contributed by atoms with Crippen molar-refractivity contribution in [1.29, 1.82) is 0 Å². The van der Waals surface area contributed by atoms with Gasteiger partial charge in [-0.15, -0.1) is 0 Å². The van der Waals surface area contributed by atoms with Crippen LogP contribution in [0.1, 0.15) is 6.92 Å². The summed E-state index contributed by atoms with van der Waals surface area (Å²) in [5.41, 5.74) is -4.33. The number of carbonyl (C=O) groups excluding carboxylic acids is 1. The third kappa shape index (κ3) is 3.80. The first kappa shape index (κ1) is 17.6. The third-order valence-corrected chi connectivity index (χ3v) is 3.31. The molecule has 0 saturated heterocycles. The molecule has 0 unspecified atom stereocenters. The minimum atomic E-state index is -5.70. The number of benzene rings is 1. The fourth-order valence-electron chi connectivity index (χ4n) is 1.25. The van der Waals surface area contributed by atoms with Crippen molar-refractivity contribution in [3.63, 3.8) is 0 Å². The number of amides is 2. The van der Waals surface area contributed by atoms with Gasteiger partial charge in [0.25, 0.3) is 0 Å². The minimum absolute atomic E-state index is 0.0294. The maximum Gasteiger partial charge on any atom is 0.420 e. The largest absolute Gasteiger partial charge is 0.420 e. The van der Waals surface area contributed by atoms with Gasteiger partial charge >= 0.3 is 18.4 Å². The zero-order chi connectivity index (χ0) is 16.5. The summed E-state index contributed by atoms with van der Waals surface area (Å²) < 4.78 is 75.9. The van der Waals surface area contributed by atoms with E-state index < -0.39 is 23.9 Å². The summed E-state index contributed by atoms with van der Waals surface area (Å²) in [7, 11) is 0. The predicted octanol–water partition coefficient (Wildman–Crippen LogP) is 4.45. The van der Waals surface area contributed by atoms with Crippen LogP contribution in [0.3, 0.4) is 0 Å². The number of nitrogens with one attached hydrogen (secondary N) is 2. The molecule has 0 aliphatic heterocycles. The average Bonchev–Trinajstić information content (AvgIpc) is 2.29. The second-order valence-corrected chi connectivity index (χ2v) is 5.03. The zero-order valence-corrected chi connectivity index (χ0v) is 11.9. The Balaban J connectivity index is 2.96. The monoisotopic (exact) mass is 378 g/mol. The number of hydrogen-bond acceptors (Lipinski definition) is 1. The Morgan fingerprint density at radius 2 is 1.52 bits per heavy atom. The first-order valence-corrected chi connectivity index (χ1v) is 6.15. The molecule has 0 spiro atoms. The van der Waals surface area contributed by atoms with Gasteiger partial charge in [0, 0.05) is 4.47 Å². The lowest BCUT2D eigenvalue weighted by atomic mass is 10.0. The highest BCUT2D eigenvalue weighted by Gasteiger charge is 2.68. The molecule has 1 rings (SSSR count). The van der Waals surface area contributed by atoms with Gasteiger partial charge in [-0.25, -0.2) is 4.79 Å². The first-order chi connectivity index (χ1) is 9.38. The Labute approximate surface area is 123 Å². The maximum atomic E-state index is 12.6. The minimum Gasteiger partial charge on any atom is -0.316 e. The zero-order valence-electron chi connectivity index (χ0n) is 10.4. The summed E-state index contributed by atoms with van der Waals surface area (Å²) in [6, 6.07) is 4.15. The number of carbonyl (C=O) groups is 1. The van der Waals surface area contributed by atoms with E-state index in [9.17, 15) is 31.1 Å². The average molecular weight is 379 g/mol. The highest BCUT2D eigenvalue weighted by Crippen LogP contribution is 2.42. The smallest absolute Gasteiger partial charge is 0.316 e. The van der Waals surface area contributed by atoms with Crippen molar-refractivity contribution in [3.8, 4) is 0 Å². The lowest BCUT2D eigenvalue weighted by Crippen LogP contribution is -2.66. The van der Waals surface area contributed by atoms with Gasteiger partial charge in [0.2, 0.25) is 5.54 Å². The number of urea groups is 1. The predicted molar refractivity (Wildman–Crippen MR) is 66.8 cm³/mol. The van der Waals surface area contributed by atoms with Crippen LogP contribution >= 0.6 is 15.9 Å². The van der Waals surface area contributed by atoms with E-state index in [0.29, 0.717) is 4.47 Å². The number of para-hydroxylation sites is 1. The SMILES string of the molecule is CC(NC(=O)Nc1ccccc1Br)(C(F)(F)F)C(F)(F)F. The van der Waals surface area contributed by atoms with Crippen LogP contribution in [0, 0.1) is 0 Å². The molecule has 0 fully saturated rings. The Bertz CT molecular complexity index is 514. The van der Waals surface area contributed by atoms with Crippen LogP contribution in [0.2, 0.25) is 0 Å². The summed E-state index contributed by atoms with van der Waals surface area (Å²) in [4.78, 5) is 11.4. The van der Waals surface area contributed by atoms with Crippen LogP contribution in [0.5, 0.6) is 0 Å². The lowest BCUT2D eigenvalue weighted by Gasteiger charge is -2.34. The summed E-state index contributed by atoms with van der Waals surface area (Å²) in [6.45, 7) is -0.146. The van der Waals surface area contributed by atoms with Crippen LogP contribution in [-0.4, -0.2) is 23.9 Å². The molecule has 0 aromatic heterocycles. The summed E-state index contributed by atoms with van der Waals surface area (Å²) >= 11 is 3.00. The molecule has 0 aliphatic rings. The molecular weight excluding hydrogens is 370 g/mol. The number of halogens is 7. The molecule has 2 N–H and O–H groups in total. The number of hydrogen-bond donors (Lipinski definition) is 2. The van der Waals surface area contributed by atoms with Gasteiger partial charge in [-0.05, 0) is 35.0 Å². The molecule has 118 valence electrons.